The average Bonchev–Trinajstić information content (AvgIpc) is 2.29. The van der Waals surface area contributed by atoms with Gasteiger partial charge in [-0.1, -0.05) is 0 Å². The fourth-order valence-electron chi connectivity index (χ4n) is 1.11. The molecular weight excluding hydrogens is 176 g/mol. The van der Waals surface area contributed by atoms with Crippen LogP contribution >= 0.6 is 0 Å². The molecule has 0 aromatic heterocycles. The molecule has 2 saturated heterocycles. The van der Waals surface area contributed by atoms with Gasteiger partial charge in [-0.25, -0.2) is 4.79 Å². The van der Waals surface area contributed by atoms with Gasteiger partial charge in [0, 0.05) is 20.0 Å². The fourth-order valence-corrected chi connectivity index (χ4v) is 1.11. The summed E-state index contributed by atoms with van der Waals surface area (Å²) in [5.74, 6) is -0.833. The van der Waals surface area contributed by atoms with E-state index in [1.54, 1.807) is 0 Å². The molecule has 2 fully saturated rings. The first-order chi connectivity index (χ1) is 6.04. The zero-order valence-electron chi connectivity index (χ0n) is 7.29. The first-order valence-corrected chi connectivity index (χ1v) is 3.89. The van der Waals surface area contributed by atoms with Crippen molar-refractivity contribution in [2.75, 3.05) is 19.7 Å². The number of carboxylic acid groups (broad SMARTS) is 1. The monoisotopic (exact) mass is 188 g/mol. The smallest absolute Gasteiger partial charge is 0.407 e. The second kappa shape index (κ2) is 3.61. The highest BCUT2D eigenvalue weighted by Gasteiger charge is 2.44. The molecule has 2 heterocycles. The molecule has 0 bridgehead atoms. The van der Waals surface area contributed by atoms with E-state index in [2.05, 4.69) is 10.6 Å². The van der Waals surface area contributed by atoms with E-state index in [-0.39, 0.29) is 11.6 Å². The third kappa shape index (κ3) is 2.59. The van der Waals surface area contributed by atoms with Gasteiger partial charge in [-0.05, 0) is 0 Å². The van der Waals surface area contributed by atoms with Gasteiger partial charge in [0.1, 0.15) is 12.1 Å². The molecule has 2 aliphatic rings. The molecule has 0 aromatic rings. The minimum Gasteiger partial charge on any atom is -0.481 e. The van der Waals surface area contributed by atoms with Gasteiger partial charge in [0.2, 0.25) is 0 Å². The Morgan fingerprint density at radius 1 is 1.62 bits per heavy atom. The lowest BCUT2D eigenvalue weighted by molar-refractivity contribution is -0.134. The highest BCUT2D eigenvalue weighted by atomic mass is 16.6. The zero-order chi connectivity index (χ0) is 9.90. The molecule has 6 nitrogen and oxygen atoms in total. The summed E-state index contributed by atoms with van der Waals surface area (Å²) in [7, 11) is 0. The van der Waals surface area contributed by atoms with Crippen molar-refractivity contribution in [1.82, 2.24) is 10.6 Å². The first-order valence-electron chi connectivity index (χ1n) is 3.89. The van der Waals surface area contributed by atoms with Crippen LogP contribution in [0.4, 0.5) is 4.79 Å². The van der Waals surface area contributed by atoms with Crippen LogP contribution in [-0.4, -0.2) is 42.4 Å². The Hall–Kier alpha value is -1.30. The van der Waals surface area contributed by atoms with Gasteiger partial charge < -0.3 is 20.5 Å². The molecule has 0 saturated carbocycles. The van der Waals surface area contributed by atoms with E-state index in [1.165, 1.54) is 0 Å². The van der Waals surface area contributed by atoms with Gasteiger partial charge in [-0.3, -0.25) is 4.79 Å². The molecule has 6 heteroatoms. The van der Waals surface area contributed by atoms with Gasteiger partial charge in [0.15, 0.2) is 0 Å². The Labute approximate surface area is 75.3 Å². The van der Waals surface area contributed by atoms with Crippen molar-refractivity contribution in [2.45, 2.75) is 12.5 Å². The summed E-state index contributed by atoms with van der Waals surface area (Å²) in [6.07, 6.45) is -0.281. The van der Waals surface area contributed by atoms with E-state index in [0.29, 0.717) is 6.61 Å². The second-order valence-electron chi connectivity index (χ2n) is 3.10. The molecule has 74 valence electrons. The van der Waals surface area contributed by atoms with Crippen molar-refractivity contribution in [3.8, 4) is 0 Å². The zero-order valence-corrected chi connectivity index (χ0v) is 7.29. The van der Waals surface area contributed by atoms with Gasteiger partial charge in [0.05, 0.1) is 0 Å². The molecule has 0 unspecified atom stereocenters. The van der Waals surface area contributed by atoms with E-state index >= 15 is 0 Å². The molecular formula is C7H12N2O4. The van der Waals surface area contributed by atoms with Crippen molar-refractivity contribution in [3.63, 3.8) is 0 Å². The van der Waals surface area contributed by atoms with Crippen LogP contribution in [0.2, 0.25) is 0 Å². The van der Waals surface area contributed by atoms with Crippen LogP contribution in [0.5, 0.6) is 0 Å². The molecule has 0 atom stereocenters. The van der Waals surface area contributed by atoms with Crippen LogP contribution < -0.4 is 10.6 Å². The van der Waals surface area contributed by atoms with Crippen molar-refractivity contribution < 1.29 is 19.4 Å². The topological polar surface area (TPSA) is 87.7 Å². The third-order valence-electron chi connectivity index (χ3n) is 1.77. The largest absolute Gasteiger partial charge is 0.481 e. The highest BCUT2D eigenvalue weighted by Crippen LogP contribution is 2.16. The van der Waals surface area contributed by atoms with Gasteiger partial charge >= 0.3 is 6.09 Å². The van der Waals surface area contributed by atoms with Crippen LogP contribution in [0.25, 0.3) is 0 Å². The van der Waals surface area contributed by atoms with Gasteiger partial charge in [-0.15, -0.1) is 0 Å². The summed E-state index contributed by atoms with van der Waals surface area (Å²) in [4.78, 5) is 19.5. The molecule has 3 N–H and O–H groups in total. The van der Waals surface area contributed by atoms with Gasteiger partial charge in [-0.2, -0.15) is 0 Å². The summed E-state index contributed by atoms with van der Waals surface area (Å²) < 4.78 is 4.72. The van der Waals surface area contributed by atoms with E-state index in [1.807, 2.05) is 0 Å². The minimum absolute atomic E-state index is 0.0446. The number of hydrogen-bond donors (Lipinski definition) is 3. The number of aliphatic carboxylic acids is 1. The fraction of sp³-hybridized carbons (Fsp3) is 0.714. The SMILES string of the molecule is CC(=O)O.O=C1NC2(CNC2)CO1. The van der Waals surface area contributed by atoms with E-state index in [4.69, 9.17) is 14.6 Å². The average molecular weight is 188 g/mol. The Morgan fingerprint density at radius 2 is 2.15 bits per heavy atom. The lowest BCUT2D eigenvalue weighted by Crippen LogP contribution is -2.67. The van der Waals surface area contributed by atoms with Crippen molar-refractivity contribution in [2.24, 2.45) is 0 Å². The molecule has 1 spiro atoms. The molecule has 0 aliphatic carbocycles. The second-order valence-corrected chi connectivity index (χ2v) is 3.10. The van der Waals surface area contributed by atoms with E-state index < -0.39 is 5.97 Å². The number of carbonyl (C=O) groups is 2. The Kier molecular flexibility index (Phi) is 2.72. The first kappa shape index (κ1) is 9.79. The normalized spacial score (nSPS) is 22.1. The minimum atomic E-state index is -0.833. The summed E-state index contributed by atoms with van der Waals surface area (Å²) in [5.41, 5.74) is -0.0446. The number of carbonyl (C=O) groups excluding carboxylic acids is 1. The maximum atomic E-state index is 10.5. The van der Waals surface area contributed by atoms with Crippen LogP contribution in [0.3, 0.4) is 0 Å². The number of rotatable bonds is 0. The number of carboxylic acids is 1. The Bertz CT molecular complexity index is 221. The number of ether oxygens (including phenoxy) is 1. The lowest BCUT2D eigenvalue weighted by atomic mass is 9.95. The number of amides is 1. The van der Waals surface area contributed by atoms with Crippen LogP contribution in [0, 0.1) is 0 Å². The summed E-state index contributed by atoms with van der Waals surface area (Å²) >= 11 is 0. The van der Waals surface area contributed by atoms with Gasteiger partial charge in [0.25, 0.3) is 5.97 Å². The van der Waals surface area contributed by atoms with Crippen LogP contribution in [0.15, 0.2) is 0 Å². The van der Waals surface area contributed by atoms with Crippen molar-refractivity contribution in [3.05, 3.63) is 0 Å². The summed E-state index contributed by atoms with van der Waals surface area (Å²) in [6, 6.07) is 0. The molecule has 13 heavy (non-hydrogen) atoms. The standard InChI is InChI=1S/C5H8N2O2.C2H4O2/c8-4-7-5(3-9-4)1-6-2-5;1-2(3)4/h6H,1-3H2,(H,7,8);1H3,(H,3,4). The van der Waals surface area contributed by atoms with E-state index in [9.17, 15) is 4.79 Å². The maximum absolute atomic E-state index is 10.5. The molecule has 2 aliphatic heterocycles. The highest BCUT2D eigenvalue weighted by molar-refractivity contribution is 5.71. The number of cyclic esters (lactones) is 1. The Balaban J connectivity index is 0.000000184. The van der Waals surface area contributed by atoms with E-state index in [0.717, 1.165) is 20.0 Å². The number of hydrogen-bond acceptors (Lipinski definition) is 4. The lowest BCUT2D eigenvalue weighted by Gasteiger charge is -2.36. The molecule has 0 aromatic carbocycles. The summed E-state index contributed by atoms with van der Waals surface area (Å²) in [5, 5.41) is 13.2. The predicted octanol–water partition coefficient (Wildman–Crippen LogP) is -0.841. The maximum Gasteiger partial charge on any atom is 0.407 e. The quantitative estimate of drug-likeness (QED) is 0.461. The molecule has 0 radical (unpaired) electrons. The van der Waals surface area contributed by atoms with Crippen LogP contribution in [0.1, 0.15) is 6.92 Å². The number of nitrogens with one attached hydrogen (secondary N) is 2. The number of alkyl carbamates (subject to hydrolysis) is 1. The summed E-state index contributed by atoms with van der Waals surface area (Å²) in [6.45, 7) is 3.30. The molecule has 2 rings (SSSR count). The van der Waals surface area contributed by atoms with Crippen LogP contribution in [-0.2, 0) is 9.53 Å². The third-order valence-corrected chi connectivity index (χ3v) is 1.77. The van der Waals surface area contributed by atoms with Crippen molar-refractivity contribution >= 4 is 12.1 Å². The Morgan fingerprint density at radius 3 is 2.31 bits per heavy atom. The molecule has 1 amide bonds. The van der Waals surface area contributed by atoms with Crippen molar-refractivity contribution in [1.29, 1.82) is 0 Å². The predicted molar refractivity (Wildman–Crippen MR) is 43.4 cm³/mol.